The van der Waals surface area contributed by atoms with E-state index in [9.17, 15) is 0 Å². The molecule has 5 heteroatoms. The number of morpholine rings is 1. The van der Waals surface area contributed by atoms with Crippen molar-refractivity contribution in [1.82, 2.24) is 4.90 Å². The molecule has 2 rings (SSSR count). The lowest BCUT2D eigenvalue weighted by atomic mass is 9.99. The molecule has 0 spiro atoms. The molecule has 2 N–H and O–H groups in total. The maximum atomic E-state index is 6.44. The number of ether oxygens (including phenoxy) is 3. The minimum absolute atomic E-state index is 0.0397. The number of nitrogens with two attached hydrogens (primary N) is 1. The van der Waals surface area contributed by atoms with E-state index in [-0.39, 0.29) is 12.1 Å². The second-order valence-electron chi connectivity index (χ2n) is 5.63. The predicted octanol–water partition coefficient (Wildman–Crippen LogP) is 1.81. The Labute approximate surface area is 127 Å². The van der Waals surface area contributed by atoms with Gasteiger partial charge in [-0.15, -0.1) is 0 Å². The van der Waals surface area contributed by atoms with Crippen LogP contribution in [-0.4, -0.2) is 51.0 Å². The van der Waals surface area contributed by atoms with Crippen LogP contribution in [0.15, 0.2) is 18.2 Å². The Morgan fingerprint density at radius 2 is 2.05 bits per heavy atom. The molecular weight excluding hydrogens is 268 g/mol. The fraction of sp³-hybridized carbons (Fsp3) is 0.625. The van der Waals surface area contributed by atoms with Crippen molar-refractivity contribution in [3.8, 4) is 11.5 Å². The highest BCUT2D eigenvalue weighted by atomic mass is 16.5. The molecule has 1 aliphatic heterocycles. The molecule has 1 saturated heterocycles. The molecule has 1 aliphatic rings. The molecule has 118 valence electrons. The molecule has 2 atom stereocenters. The monoisotopic (exact) mass is 294 g/mol. The van der Waals surface area contributed by atoms with Gasteiger partial charge in [0.15, 0.2) is 0 Å². The number of rotatable bonds is 5. The zero-order valence-electron chi connectivity index (χ0n) is 13.3. The van der Waals surface area contributed by atoms with E-state index in [0.717, 1.165) is 30.2 Å². The van der Waals surface area contributed by atoms with Gasteiger partial charge in [0.1, 0.15) is 11.5 Å². The fourth-order valence-corrected chi connectivity index (χ4v) is 2.68. The van der Waals surface area contributed by atoms with E-state index in [2.05, 4.69) is 18.7 Å². The Hall–Kier alpha value is -1.30. The molecule has 0 radical (unpaired) electrons. The molecule has 0 bridgehead atoms. The summed E-state index contributed by atoms with van der Waals surface area (Å²) in [6.45, 7) is 6.89. The zero-order valence-corrected chi connectivity index (χ0v) is 13.3. The van der Waals surface area contributed by atoms with E-state index in [0.29, 0.717) is 12.6 Å². The van der Waals surface area contributed by atoms with E-state index in [1.54, 1.807) is 14.2 Å². The smallest absolute Gasteiger partial charge is 0.123 e. The molecule has 1 aromatic rings. The minimum atomic E-state index is -0.239. The minimum Gasteiger partial charge on any atom is -0.497 e. The SMILES string of the molecule is COc1ccc(OC)c(C(N)C2CN(C(C)C)CCO2)c1. The van der Waals surface area contributed by atoms with Crippen LogP contribution in [0.5, 0.6) is 11.5 Å². The third kappa shape index (κ3) is 3.67. The Balaban J connectivity index is 2.20. The highest BCUT2D eigenvalue weighted by Crippen LogP contribution is 2.31. The predicted molar refractivity (Wildman–Crippen MR) is 82.9 cm³/mol. The normalized spacial score (nSPS) is 21.3. The van der Waals surface area contributed by atoms with Crippen molar-refractivity contribution in [2.75, 3.05) is 33.9 Å². The maximum absolute atomic E-state index is 6.44. The Kier molecular flexibility index (Phi) is 5.45. The molecule has 0 aliphatic carbocycles. The molecule has 0 saturated carbocycles. The maximum Gasteiger partial charge on any atom is 0.123 e. The van der Waals surface area contributed by atoms with Crippen LogP contribution in [-0.2, 0) is 4.74 Å². The summed E-state index contributed by atoms with van der Waals surface area (Å²) in [4.78, 5) is 2.39. The van der Waals surface area contributed by atoms with Crippen molar-refractivity contribution < 1.29 is 14.2 Å². The van der Waals surface area contributed by atoms with Crippen molar-refractivity contribution in [1.29, 1.82) is 0 Å². The third-order valence-corrected chi connectivity index (χ3v) is 4.05. The van der Waals surface area contributed by atoms with Gasteiger partial charge in [0.05, 0.1) is 33.0 Å². The Bertz CT molecular complexity index is 465. The van der Waals surface area contributed by atoms with E-state index in [4.69, 9.17) is 19.9 Å². The Morgan fingerprint density at radius 1 is 1.29 bits per heavy atom. The first-order chi connectivity index (χ1) is 10.1. The lowest BCUT2D eigenvalue weighted by Crippen LogP contribution is -2.49. The van der Waals surface area contributed by atoms with Crippen molar-refractivity contribution in [2.24, 2.45) is 5.73 Å². The summed E-state index contributed by atoms with van der Waals surface area (Å²) >= 11 is 0. The van der Waals surface area contributed by atoms with E-state index >= 15 is 0 Å². The van der Waals surface area contributed by atoms with Crippen LogP contribution in [0.1, 0.15) is 25.5 Å². The summed E-state index contributed by atoms with van der Waals surface area (Å²) in [5.74, 6) is 1.55. The van der Waals surface area contributed by atoms with Gasteiger partial charge in [0, 0.05) is 24.7 Å². The van der Waals surface area contributed by atoms with Crippen molar-refractivity contribution in [3.05, 3.63) is 23.8 Å². The number of hydrogen-bond donors (Lipinski definition) is 1. The standard InChI is InChI=1S/C16H26N2O3/c1-11(2)18-7-8-21-15(10-18)16(17)13-9-12(19-3)5-6-14(13)20-4/h5-6,9,11,15-16H,7-8,10,17H2,1-4H3. The van der Waals surface area contributed by atoms with E-state index in [1.807, 2.05) is 18.2 Å². The molecule has 0 aromatic heterocycles. The van der Waals surface area contributed by atoms with Crippen LogP contribution in [0, 0.1) is 0 Å². The van der Waals surface area contributed by atoms with Gasteiger partial charge in [0.2, 0.25) is 0 Å². The highest BCUT2D eigenvalue weighted by molar-refractivity contribution is 5.42. The number of hydrogen-bond acceptors (Lipinski definition) is 5. The summed E-state index contributed by atoms with van der Waals surface area (Å²) in [6, 6.07) is 5.95. The van der Waals surface area contributed by atoms with Crippen LogP contribution in [0.3, 0.4) is 0 Å². The topological polar surface area (TPSA) is 57.0 Å². The van der Waals surface area contributed by atoms with Gasteiger partial charge in [-0.05, 0) is 32.0 Å². The average molecular weight is 294 g/mol. The van der Waals surface area contributed by atoms with Gasteiger partial charge in [-0.1, -0.05) is 0 Å². The lowest BCUT2D eigenvalue weighted by Gasteiger charge is -2.38. The van der Waals surface area contributed by atoms with Crippen molar-refractivity contribution in [3.63, 3.8) is 0 Å². The summed E-state index contributed by atoms with van der Waals surface area (Å²) in [5.41, 5.74) is 7.37. The third-order valence-electron chi connectivity index (χ3n) is 4.05. The van der Waals surface area contributed by atoms with Crippen LogP contribution in [0.2, 0.25) is 0 Å². The molecule has 2 unspecified atom stereocenters. The first-order valence-electron chi connectivity index (χ1n) is 7.40. The van der Waals surface area contributed by atoms with Gasteiger partial charge in [0.25, 0.3) is 0 Å². The second kappa shape index (κ2) is 7.11. The molecular formula is C16H26N2O3. The first-order valence-corrected chi connectivity index (χ1v) is 7.40. The fourth-order valence-electron chi connectivity index (χ4n) is 2.68. The number of benzene rings is 1. The second-order valence-corrected chi connectivity index (χ2v) is 5.63. The summed E-state index contributed by atoms with van der Waals surface area (Å²) in [5, 5.41) is 0. The van der Waals surface area contributed by atoms with Crippen molar-refractivity contribution >= 4 is 0 Å². The van der Waals surface area contributed by atoms with Crippen LogP contribution in [0.25, 0.3) is 0 Å². The lowest BCUT2D eigenvalue weighted by molar-refractivity contribution is -0.0505. The zero-order chi connectivity index (χ0) is 15.4. The van der Waals surface area contributed by atoms with E-state index < -0.39 is 0 Å². The summed E-state index contributed by atoms with van der Waals surface area (Å²) in [7, 11) is 3.30. The molecule has 1 aromatic carbocycles. The molecule has 1 heterocycles. The van der Waals surface area contributed by atoms with Gasteiger partial charge in [-0.2, -0.15) is 0 Å². The van der Waals surface area contributed by atoms with Gasteiger partial charge in [-0.3, -0.25) is 4.90 Å². The largest absolute Gasteiger partial charge is 0.497 e. The van der Waals surface area contributed by atoms with Crippen LogP contribution >= 0.6 is 0 Å². The number of methoxy groups -OCH3 is 2. The van der Waals surface area contributed by atoms with Gasteiger partial charge >= 0.3 is 0 Å². The quantitative estimate of drug-likeness (QED) is 0.897. The number of nitrogens with zero attached hydrogens (tertiary/aromatic N) is 1. The van der Waals surface area contributed by atoms with Gasteiger partial charge in [-0.25, -0.2) is 0 Å². The first kappa shape index (κ1) is 16.1. The average Bonchev–Trinajstić information content (AvgIpc) is 2.53. The highest BCUT2D eigenvalue weighted by Gasteiger charge is 2.29. The van der Waals surface area contributed by atoms with Crippen molar-refractivity contribution in [2.45, 2.75) is 32.0 Å². The Morgan fingerprint density at radius 3 is 2.67 bits per heavy atom. The van der Waals surface area contributed by atoms with Gasteiger partial charge < -0.3 is 19.9 Å². The molecule has 1 fully saturated rings. The summed E-state index contributed by atoms with van der Waals surface area (Å²) in [6.07, 6.45) is -0.0397. The molecule has 21 heavy (non-hydrogen) atoms. The molecule has 0 amide bonds. The molecule has 5 nitrogen and oxygen atoms in total. The van der Waals surface area contributed by atoms with Crippen LogP contribution in [0.4, 0.5) is 0 Å². The summed E-state index contributed by atoms with van der Waals surface area (Å²) < 4.78 is 16.6. The van der Waals surface area contributed by atoms with E-state index in [1.165, 1.54) is 0 Å². The van der Waals surface area contributed by atoms with Crippen LogP contribution < -0.4 is 15.2 Å².